The zero-order valence-corrected chi connectivity index (χ0v) is 10.3. The van der Waals surface area contributed by atoms with Crippen LogP contribution in [0.5, 0.6) is 5.75 Å². The molecule has 0 aromatic heterocycles. The van der Waals surface area contributed by atoms with Gasteiger partial charge in [-0.1, -0.05) is 6.07 Å². The van der Waals surface area contributed by atoms with E-state index in [-0.39, 0.29) is 17.1 Å². The predicted octanol–water partition coefficient (Wildman–Crippen LogP) is 3.40. The molecule has 0 heterocycles. The Kier molecular flexibility index (Phi) is 4.01. The summed E-state index contributed by atoms with van der Waals surface area (Å²) in [4.78, 5) is 11.3. The quantitative estimate of drug-likeness (QED) is 0.629. The Morgan fingerprint density at radius 1 is 1.47 bits per heavy atom. The molecule has 5 heteroatoms. The van der Waals surface area contributed by atoms with E-state index in [1.165, 1.54) is 6.92 Å². The van der Waals surface area contributed by atoms with Crippen molar-refractivity contribution in [3.8, 4) is 5.75 Å². The van der Waals surface area contributed by atoms with Crippen molar-refractivity contribution in [3.63, 3.8) is 0 Å². The molecule has 0 radical (unpaired) electrons. The van der Waals surface area contributed by atoms with Crippen molar-refractivity contribution < 1.29 is 18.3 Å². The molecular formula is C10H9F2IO2. The van der Waals surface area contributed by atoms with Crippen LogP contribution in [0.1, 0.15) is 22.8 Å². The van der Waals surface area contributed by atoms with Gasteiger partial charge in [-0.25, -0.2) is 0 Å². The summed E-state index contributed by atoms with van der Waals surface area (Å²) < 4.78 is 29.3. The minimum absolute atomic E-state index is 0.0237. The lowest BCUT2D eigenvalue weighted by Gasteiger charge is -2.12. The minimum Gasteiger partial charge on any atom is -0.434 e. The third-order valence-corrected chi connectivity index (χ3v) is 2.76. The number of rotatable bonds is 3. The molecule has 0 unspecified atom stereocenters. The number of aryl methyl sites for hydroxylation is 1. The van der Waals surface area contributed by atoms with Gasteiger partial charge in [-0.2, -0.15) is 8.78 Å². The first kappa shape index (κ1) is 12.4. The smallest absolute Gasteiger partial charge is 0.387 e. The molecule has 0 bridgehead atoms. The molecule has 0 spiro atoms. The van der Waals surface area contributed by atoms with Crippen molar-refractivity contribution in [1.29, 1.82) is 0 Å². The first-order chi connectivity index (χ1) is 6.93. The molecular weight excluding hydrogens is 317 g/mol. The number of carbonyl (C=O) groups is 1. The molecule has 0 atom stereocenters. The molecule has 0 aliphatic carbocycles. The molecule has 15 heavy (non-hydrogen) atoms. The van der Waals surface area contributed by atoms with Crippen LogP contribution in [0.3, 0.4) is 0 Å². The summed E-state index contributed by atoms with van der Waals surface area (Å²) in [6.07, 6.45) is 0. The fourth-order valence-electron chi connectivity index (χ4n) is 1.23. The topological polar surface area (TPSA) is 26.3 Å². The molecule has 0 amide bonds. The van der Waals surface area contributed by atoms with Gasteiger partial charge in [0.05, 0.1) is 5.56 Å². The van der Waals surface area contributed by atoms with Gasteiger partial charge in [-0.3, -0.25) is 4.79 Å². The second-order valence-electron chi connectivity index (χ2n) is 3.00. The van der Waals surface area contributed by atoms with Crippen molar-refractivity contribution in [2.45, 2.75) is 20.5 Å². The van der Waals surface area contributed by atoms with Crippen molar-refractivity contribution in [1.82, 2.24) is 0 Å². The highest BCUT2D eigenvalue weighted by molar-refractivity contribution is 14.1. The first-order valence-corrected chi connectivity index (χ1v) is 5.26. The average Bonchev–Trinajstić information content (AvgIpc) is 2.10. The maximum absolute atomic E-state index is 12.1. The summed E-state index contributed by atoms with van der Waals surface area (Å²) in [5.41, 5.74) is 0.747. The number of hydrogen-bond acceptors (Lipinski definition) is 2. The zero-order valence-electron chi connectivity index (χ0n) is 8.18. The Labute approximate surface area is 99.8 Å². The third-order valence-electron chi connectivity index (χ3n) is 1.86. The predicted molar refractivity (Wildman–Crippen MR) is 60.5 cm³/mol. The Balaban J connectivity index is 3.31. The molecule has 2 nitrogen and oxygen atoms in total. The van der Waals surface area contributed by atoms with Crippen LogP contribution in [-0.4, -0.2) is 12.4 Å². The largest absolute Gasteiger partial charge is 0.434 e. The van der Waals surface area contributed by atoms with Crippen molar-refractivity contribution >= 4 is 28.4 Å². The third kappa shape index (κ3) is 2.87. The highest BCUT2D eigenvalue weighted by atomic mass is 127. The molecule has 0 saturated heterocycles. The standard InChI is InChI=1S/C10H9F2IO2/c1-5-3-4-7(13)8(6(2)14)9(5)15-10(11)12/h3-4,10H,1-2H3. The summed E-state index contributed by atoms with van der Waals surface area (Å²) in [7, 11) is 0. The van der Waals surface area contributed by atoms with Crippen LogP contribution < -0.4 is 4.74 Å². The SMILES string of the molecule is CC(=O)c1c(I)ccc(C)c1OC(F)F. The van der Waals surface area contributed by atoms with E-state index < -0.39 is 6.61 Å². The summed E-state index contributed by atoms with van der Waals surface area (Å²) >= 11 is 1.92. The van der Waals surface area contributed by atoms with E-state index in [9.17, 15) is 13.6 Å². The molecule has 0 aliphatic heterocycles. The Hall–Kier alpha value is -0.720. The molecule has 82 valence electrons. The summed E-state index contributed by atoms with van der Waals surface area (Å²) in [6, 6.07) is 3.34. The van der Waals surface area contributed by atoms with Crippen LogP contribution in [0.15, 0.2) is 12.1 Å². The van der Waals surface area contributed by atoms with E-state index in [0.29, 0.717) is 9.13 Å². The van der Waals surface area contributed by atoms with E-state index >= 15 is 0 Å². The summed E-state index contributed by atoms with van der Waals surface area (Å²) in [5.74, 6) is -0.303. The Morgan fingerprint density at radius 2 is 2.07 bits per heavy atom. The number of hydrogen-bond donors (Lipinski definition) is 0. The Bertz CT molecular complexity index is 391. The minimum atomic E-state index is -2.92. The van der Waals surface area contributed by atoms with Gasteiger partial charge >= 0.3 is 6.61 Å². The van der Waals surface area contributed by atoms with Crippen LogP contribution in [0.4, 0.5) is 8.78 Å². The number of Topliss-reactive ketones (excluding diaryl/α,β-unsaturated/α-hetero) is 1. The van der Waals surface area contributed by atoms with E-state index in [1.807, 2.05) is 22.6 Å². The first-order valence-electron chi connectivity index (χ1n) is 4.18. The monoisotopic (exact) mass is 326 g/mol. The number of carbonyl (C=O) groups excluding carboxylic acids is 1. The molecule has 0 saturated carbocycles. The van der Waals surface area contributed by atoms with Crippen molar-refractivity contribution in [2.75, 3.05) is 0 Å². The lowest BCUT2D eigenvalue weighted by molar-refractivity contribution is -0.0506. The van der Waals surface area contributed by atoms with Crippen LogP contribution in [0.25, 0.3) is 0 Å². The van der Waals surface area contributed by atoms with E-state index in [0.717, 1.165) is 0 Å². The molecule has 1 rings (SSSR count). The maximum Gasteiger partial charge on any atom is 0.387 e. The van der Waals surface area contributed by atoms with E-state index in [2.05, 4.69) is 4.74 Å². The van der Waals surface area contributed by atoms with Gasteiger partial charge in [-0.05, 0) is 48.1 Å². The number of halogens is 3. The number of alkyl halides is 2. The fourth-order valence-corrected chi connectivity index (χ4v) is 2.04. The van der Waals surface area contributed by atoms with Gasteiger partial charge in [0.25, 0.3) is 0 Å². The number of ether oxygens (including phenoxy) is 1. The molecule has 1 aromatic rings. The lowest BCUT2D eigenvalue weighted by Crippen LogP contribution is -2.09. The van der Waals surface area contributed by atoms with Gasteiger partial charge in [-0.15, -0.1) is 0 Å². The molecule has 0 aliphatic rings. The highest BCUT2D eigenvalue weighted by Gasteiger charge is 2.18. The molecule has 0 fully saturated rings. The van der Waals surface area contributed by atoms with Gasteiger partial charge in [0.15, 0.2) is 5.78 Å². The number of benzene rings is 1. The molecule has 1 aromatic carbocycles. The number of ketones is 1. The summed E-state index contributed by atoms with van der Waals surface area (Å²) in [6.45, 7) is 0.0372. The van der Waals surface area contributed by atoms with E-state index in [1.54, 1.807) is 19.1 Å². The lowest BCUT2D eigenvalue weighted by atomic mass is 10.1. The van der Waals surface area contributed by atoms with Crippen LogP contribution >= 0.6 is 22.6 Å². The second kappa shape index (κ2) is 4.87. The van der Waals surface area contributed by atoms with Crippen LogP contribution in [0.2, 0.25) is 0 Å². The van der Waals surface area contributed by atoms with Crippen molar-refractivity contribution in [3.05, 3.63) is 26.8 Å². The highest BCUT2D eigenvalue weighted by Crippen LogP contribution is 2.29. The molecule has 0 N–H and O–H groups in total. The average molecular weight is 326 g/mol. The normalized spacial score (nSPS) is 10.5. The second-order valence-corrected chi connectivity index (χ2v) is 4.17. The zero-order chi connectivity index (χ0) is 11.6. The fraction of sp³-hybridized carbons (Fsp3) is 0.300. The van der Waals surface area contributed by atoms with Crippen LogP contribution in [0, 0.1) is 10.5 Å². The van der Waals surface area contributed by atoms with Gasteiger partial charge in [0, 0.05) is 3.57 Å². The Morgan fingerprint density at radius 3 is 2.53 bits per heavy atom. The van der Waals surface area contributed by atoms with Gasteiger partial charge in [0.1, 0.15) is 5.75 Å². The van der Waals surface area contributed by atoms with Crippen molar-refractivity contribution in [2.24, 2.45) is 0 Å². The maximum atomic E-state index is 12.1. The van der Waals surface area contributed by atoms with Gasteiger partial charge in [0.2, 0.25) is 0 Å². The van der Waals surface area contributed by atoms with E-state index in [4.69, 9.17) is 0 Å². The summed E-state index contributed by atoms with van der Waals surface area (Å²) in [5, 5.41) is 0. The van der Waals surface area contributed by atoms with Crippen LogP contribution in [-0.2, 0) is 0 Å². The van der Waals surface area contributed by atoms with Gasteiger partial charge < -0.3 is 4.74 Å².